The van der Waals surface area contributed by atoms with Gasteiger partial charge in [-0.2, -0.15) is 0 Å². The summed E-state index contributed by atoms with van der Waals surface area (Å²) in [7, 11) is 9.71. The Morgan fingerprint density at radius 2 is 1.00 bits per heavy atom. The molecule has 1 fully saturated rings. The zero-order chi connectivity index (χ0) is 15.2. The van der Waals surface area contributed by atoms with E-state index in [1.807, 2.05) is 0 Å². The average Bonchev–Trinajstić information content (AvgIpc) is 2.38. The van der Waals surface area contributed by atoms with Crippen molar-refractivity contribution in [1.29, 1.82) is 0 Å². The predicted molar refractivity (Wildman–Crippen MR) is 106 cm³/mol. The summed E-state index contributed by atoms with van der Waals surface area (Å²) in [5, 5.41) is 3.67. The van der Waals surface area contributed by atoms with Gasteiger partial charge in [-0.3, -0.25) is 0 Å². The van der Waals surface area contributed by atoms with Crippen LogP contribution in [0.4, 0.5) is 0 Å². The van der Waals surface area contributed by atoms with Crippen molar-refractivity contribution in [3.8, 4) is 0 Å². The molecule has 0 amide bonds. The SMILES string of the molecule is C[PH+]1CCC[PH+](C)CCNCC[PH+](C)CCC1.[Cl][Ru][Cl]. The van der Waals surface area contributed by atoms with Crippen molar-refractivity contribution in [2.45, 2.75) is 12.8 Å². The van der Waals surface area contributed by atoms with E-state index in [1.54, 1.807) is 37.5 Å². The molecule has 0 aromatic rings. The molecule has 2 unspecified atom stereocenters. The fourth-order valence-corrected chi connectivity index (χ4v) is 8.27. The summed E-state index contributed by atoms with van der Waals surface area (Å²) in [4.78, 5) is 0. The van der Waals surface area contributed by atoms with Gasteiger partial charge in [-0.15, -0.1) is 0 Å². The summed E-state index contributed by atoms with van der Waals surface area (Å²) in [6.07, 6.45) is 12.4. The Balaban J connectivity index is 0.00000110. The molecule has 1 nitrogen and oxygen atoms in total. The third-order valence-corrected chi connectivity index (χ3v) is 10.9. The topological polar surface area (TPSA) is 12.0 Å². The van der Waals surface area contributed by atoms with Gasteiger partial charge >= 0.3 is 34.5 Å². The minimum atomic E-state index is -0.346. The van der Waals surface area contributed by atoms with E-state index in [0.29, 0.717) is 0 Å². The van der Waals surface area contributed by atoms with Gasteiger partial charge in [-0.1, -0.05) is 0 Å². The molecule has 1 rings (SSSR count). The van der Waals surface area contributed by atoms with E-state index >= 15 is 0 Å². The Kier molecular flexibility index (Phi) is 18.3. The van der Waals surface area contributed by atoms with E-state index in [9.17, 15) is 0 Å². The minimum absolute atomic E-state index is 0.0136. The van der Waals surface area contributed by atoms with E-state index in [0.717, 1.165) is 0 Å². The van der Waals surface area contributed by atoms with Crippen molar-refractivity contribution in [1.82, 2.24) is 5.32 Å². The van der Waals surface area contributed by atoms with E-state index in [1.165, 1.54) is 25.4 Å². The van der Waals surface area contributed by atoms with Gasteiger partial charge in [0, 0.05) is 45.9 Å². The van der Waals surface area contributed by atoms with E-state index in [4.69, 9.17) is 19.4 Å². The van der Waals surface area contributed by atoms with E-state index in [2.05, 4.69) is 25.3 Å². The van der Waals surface area contributed by atoms with Crippen molar-refractivity contribution in [2.24, 2.45) is 0 Å². The van der Waals surface area contributed by atoms with Crippen LogP contribution in [0.2, 0.25) is 0 Å². The summed E-state index contributed by atoms with van der Waals surface area (Å²) in [5.74, 6) is 0. The number of nitrogens with one attached hydrogen (secondary N) is 1. The molecule has 1 heterocycles. The van der Waals surface area contributed by atoms with Gasteiger partial charge in [-0.25, -0.2) is 0 Å². The van der Waals surface area contributed by atoms with E-state index < -0.39 is 0 Å². The van der Waals surface area contributed by atoms with Crippen LogP contribution in [0.15, 0.2) is 0 Å². The predicted octanol–water partition coefficient (Wildman–Crippen LogP) is 4.28. The number of hydrogen-bond donors (Lipinski definition) is 1. The summed E-state index contributed by atoms with van der Waals surface area (Å²) < 4.78 is 0. The monoisotopic (exact) mass is 468 g/mol. The third-order valence-electron chi connectivity index (χ3n) is 3.87. The van der Waals surface area contributed by atoms with Crippen LogP contribution in [0.3, 0.4) is 0 Å². The first kappa shape index (κ1) is 22.5. The van der Waals surface area contributed by atoms with Crippen molar-refractivity contribution in [3.05, 3.63) is 0 Å². The van der Waals surface area contributed by atoms with Crippen LogP contribution < -0.4 is 5.32 Å². The van der Waals surface area contributed by atoms with Gasteiger partial charge < -0.3 is 5.32 Å². The zero-order valence-electron chi connectivity index (χ0n) is 13.2. The second kappa shape index (κ2) is 16.3. The number of hydrogen-bond acceptors (Lipinski definition) is 1. The third kappa shape index (κ3) is 15.4. The Hall–Kier alpha value is 2.45. The quantitative estimate of drug-likeness (QED) is 0.414. The molecule has 0 saturated carbocycles. The van der Waals surface area contributed by atoms with Crippen LogP contribution in [0.25, 0.3) is 0 Å². The summed E-state index contributed by atoms with van der Waals surface area (Å²) >= 11 is -0.346. The maximum atomic E-state index is 4.85. The normalized spacial score (nSPS) is 30.9. The van der Waals surface area contributed by atoms with Crippen LogP contribution in [0, 0.1) is 0 Å². The Labute approximate surface area is 146 Å². The summed E-state index contributed by atoms with van der Waals surface area (Å²) in [5.41, 5.74) is 0. The Morgan fingerprint density at radius 3 is 1.35 bits per heavy atom. The molecule has 1 aliphatic rings. The molecule has 1 aliphatic heterocycles. The standard InChI is InChI=1S/C13H30NP3.2ClH.Ru/c1-15-8-4-10-16(2)12-6-14-7-13-17(3)11-5-9-15;;;/h14H,4-13H2,1-3H3;2*1H;/q;;;+2/p+1. The molecule has 0 spiro atoms. The molecule has 124 valence electrons. The van der Waals surface area contributed by atoms with Crippen molar-refractivity contribution in [3.63, 3.8) is 0 Å². The molecule has 0 bridgehead atoms. The van der Waals surface area contributed by atoms with Crippen LogP contribution in [-0.2, 0) is 15.1 Å². The molecule has 7 heteroatoms. The van der Waals surface area contributed by atoms with Gasteiger partial charge in [-0.05, 0) is 23.8 Å². The molecule has 1 saturated heterocycles. The molecule has 0 radical (unpaired) electrons. The fraction of sp³-hybridized carbons (Fsp3) is 1.00. The Morgan fingerprint density at radius 1 is 0.700 bits per heavy atom. The van der Waals surface area contributed by atoms with Gasteiger partial charge in [0.1, 0.15) is 0 Å². The van der Waals surface area contributed by atoms with Gasteiger partial charge in [0.2, 0.25) is 0 Å². The molecular weight excluding hydrogens is 435 g/mol. The first-order valence-corrected chi connectivity index (χ1v) is 19.3. The van der Waals surface area contributed by atoms with Crippen LogP contribution in [0.1, 0.15) is 12.8 Å². The number of rotatable bonds is 0. The van der Waals surface area contributed by atoms with Crippen molar-refractivity contribution >= 4 is 43.1 Å². The Bertz CT molecular complexity index is 198. The van der Waals surface area contributed by atoms with Gasteiger partial charge in [0.15, 0.2) is 0 Å². The zero-order valence-corrected chi connectivity index (χ0v) is 19.4. The molecular formula is C13H33Cl2NP3Ru+3. The average molecular weight is 468 g/mol. The van der Waals surface area contributed by atoms with Crippen LogP contribution in [-0.4, -0.2) is 70.1 Å². The molecule has 0 aliphatic carbocycles. The fourth-order valence-electron chi connectivity index (χ4n) is 2.49. The molecule has 0 aromatic heterocycles. The number of halogens is 2. The summed E-state index contributed by atoms with van der Waals surface area (Å²) in [6, 6.07) is 0. The second-order valence-corrected chi connectivity index (χ2v) is 17.3. The van der Waals surface area contributed by atoms with Crippen molar-refractivity contribution < 1.29 is 15.1 Å². The maximum absolute atomic E-state index is 4.85. The van der Waals surface area contributed by atoms with Crippen LogP contribution >= 0.6 is 43.1 Å². The molecule has 20 heavy (non-hydrogen) atoms. The van der Waals surface area contributed by atoms with E-state index in [-0.39, 0.29) is 38.9 Å². The molecule has 0 aromatic carbocycles. The molecule has 1 N–H and O–H groups in total. The van der Waals surface area contributed by atoms with Gasteiger partial charge in [0.05, 0.1) is 37.0 Å². The van der Waals surface area contributed by atoms with Crippen molar-refractivity contribution in [2.75, 3.05) is 70.1 Å². The first-order chi connectivity index (χ1) is 9.60. The van der Waals surface area contributed by atoms with Gasteiger partial charge in [0.25, 0.3) is 0 Å². The summed E-state index contributed by atoms with van der Waals surface area (Å²) in [6.45, 7) is 10.2. The second-order valence-electron chi connectivity index (χ2n) is 5.88. The van der Waals surface area contributed by atoms with Crippen LogP contribution in [0.5, 0.6) is 0 Å². The molecule has 2 atom stereocenters. The first-order valence-electron chi connectivity index (χ1n) is 7.60.